The molecule has 1 aliphatic rings. The van der Waals surface area contributed by atoms with Crippen molar-refractivity contribution >= 4 is 11.9 Å². The fraction of sp³-hybridized carbons (Fsp3) is 0.429. The van der Waals surface area contributed by atoms with Crippen molar-refractivity contribution in [2.45, 2.75) is 25.8 Å². The van der Waals surface area contributed by atoms with Gasteiger partial charge in [0.25, 0.3) is 5.91 Å². The van der Waals surface area contributed by atoms with Crippen molar-refractivity contribution in [3.8, 4) is 5.75 Å². The zero-order valence-corrected chi connectivity index (χ0v) is 11.0. The maximum absolute atomic E-state index is 13.2. The molecule has 1 heterocycles. The third-order valence-corrected chi connectivity index (χ3v) is 3.60. The van der Waals surface area contributed by atoms with Gasteiger partial charge in [-0.1, -0.05) is 6.92 Å². The largest absolute Gasteiger partial charge is 0.507 e. The molecular weight excluding hydrogens is 265 g/mol. The maximum atomic E-state index is 13.2. The second-order valence-corrected chi connectivity index (χ2v) is 5.14. The van der Waals surface area contributed by atoms with Gasteiger partial charge in [0, 0.05) is 6.54 Å². The number of piperidine rings is 1. The number of phenols is 1. The molecule has 2 rings (SSSR count). The molecule has 0 spiro atoms. The first-order chi connectivity index (χ1) is 9.40. The first kappa shape index (κ1) is 14.3. The fourth-order valence-electron chi connectivity index (χ4n) is 2.45. The van der Waals surface area contributed by atoms with Crippen molar-refractivity contribution in [3.63, 3.8) is 0 Å². The Balaban J connectivity index is 2.31. The van der Waals surface area contributed by atoms with E-state index in [0.717, 1.165) is 18.2 Å². The van der Waals surface area contributed by atoms with Crippen LogP contribution in [0.3, 0.4) is 0 Å². The number of aliphatic carboxylic acids is 1. The van der Waals surface area contributed by atoms with Crippen molar-refractivity contribution in [2.24, 2.45) is 5.92 Å². The second-order valence-electron chi connectivity index (χ2n) is 5.14. The Morgan fingerprint density at radius 3 is 2.75 bits per heavy atom. The lowest BCUT2D eigenvalue weighted by molar-refractivity contribution is -0.144. The van der Waals surface area contributed by atoms with Crippen molar-refractivity contribution in [3.05, 3.63) is 29.6 Å². The second kappa shape index (κ2) is 5.48. The van der Waals surface area contributed by atoms with Crippen LogP contribution >= 0.6 is 0 Å². The monoisotopic (exact) mass is 281 g/mol. The predicted molar refractivity (Wildman–Crippen MR) is 68.9 cm³/mol. The summed E-state index contributed by atoms with van der Waals surface area (Å²) in [6, 6.07) is 2.12. The lowest BCUT2D eigenvalue weighted by Gasteiger charge is -2.36. The quantitative estimate of drug-likeness (QED) is 0.867. The molecule has 0 radical (unpaired) electrons. The van der Waals surface area contributed by atoms with Gasteiger partial charge in [-0.3, -0.25) is 4.79 Å². The van der Waals surface area contributed by atoms with E-state index in [2.05, 4.69) is 0 Å². The minimum Gasteiger partial charge on any atom is -0.507 e. The number of likely N-dealkylation sites (tertiary alicyclic amines) is 1. The highest BCUT2D eigenvalue weighted by atomic mass is 19.1. The Bertz CT molecular complexity index is 546. The van der Waals surface area contributed by atoms with Crippen LogP contribution in [-0.2, 0) is 4.79 Å². The number of carbonyl (C=O) groups excluding carboxylic acids is 1. The normalized spacial score (nSPS) is 22.6. The summed E-state index contributed by atoms with van der Waals surface area (Å²) in [7, 11) is 0. The summed E-state index contributed by atoms with van der Waals surface area (Å²) in [6.07, 6.45) is 1.04. The van der Waals surface area contributed by atoms with Crippen LogP contribution in [0.15, 0.2) is 18.2 Å². The van der Waals surface area contributed by atoms with Crippen LogP contribution in [0, 0.1) is 11.7 Å². The molecule has 2 unspecified atom stereocenters. The van der Waals surface area contributed by atoms with E-state index in [1.807, 2.05) is 6.92 Å². The highest BCUT2D eigenvalue weighted by Gasteiger charge is 2.35. The Labute approximate surface area is 115 Å². The van der Waals surface area contributed by atoms with Gasteiger partial charge < -0.3 is 15.1 Å². The van der Waals surface area contributed by atoms with E-state index < -0.39 is 23.7 Å². The molecule has 1 amide bonds. The minimum atomic E-state index is -1.08. The van der Waals surface area contributed by atoms with Crippen LogP contribution in [0.25, 0.3) is 0 Å². The number of carbonyl (C=O) groups is 2. The molecule has 20 heavy (non-hydrogen) atoms. The molecule has 5 nitrogen and oxygen atoms in total. The first-order valence-electron chi connectivity index (χ1n) is 6.42. The van der Waals surface area contributed by atoms with Crippen molar-refractivity contribution in [1.82, 2.24) is 4.90 Å². The molecule has 0 saturated carbocycles. The average Bonchev–Trinajstić information content (AvgIpc) is 2.40. The molecular formula is C14H16FNO4. The summed E-state index contributed by atoms with van der Waals surface area (Å²) < 4.78 is 13.2. The highest BCUT2D eigenvalue weighted by molar-refractivity contribution is 5.99. The average molecular weight is 281 g/mol. The Morgan fingerprint density at radius 2 is 2.10 bits per heavy atom. The van der Waals surface area contributed by atoms with E-state index in [4.69, 9.17) is 0 Å². The van der Waals surface area contributed by atoms with Gasteiger partial charge in [-0.05, 0) is 37.0 Å². The Kier molecular flexibility index (Phi) is 3.92. The number of hydrogen-bond donors (Lipinski definition) is 2. The summed E-state index contributed by atoms with van der Waals surface area (Å²) in [5.41, 5.74) is -0.203. The minimum absolute atomic E-state index is 0.203. The van der Waals surface area contributed by atoms with E-state index >= 15 is 0 Å². The van der Waals surface area contributed by atoms with Crippen LogP contribution in [0.4, 0.5) is 4.39 Å². The van der Waals surface area contributed by atoms with Crippen molar-refractivity contribution in [1.29, 1.82) is 0 Å². The zero-order valence-electron chi connectivity index (χ0n) is 11.0. The molecule has 1 aromatic carbocycles. The number of nitrogens with zero attached hydrogens (tertiary/aromatic N) is 1. The molecule has 0 aromatic heterocycles. The molecule has 1 saturated heterocycles. The van der Waals surface area contributed by atoms with E-state index in [1.165, 1.54) is 4.90 Å². The van der Waals surface area contributed by atoms with Crippen LogP contribution in [0.1, 0.15) is 30.1 Å². The summed E-state index contributed by atoms with van der Waals surface area (Å²) in [4.78, 5) is 24.8. The SMILES string of the molecule is CC1CCN(C(=O)c2cc(F)ccc2O)C(C(=O)O)C1. The molecule has 6 heteroatoms. The third-order valence-electron chi connectivity index (χ3n) is 3.60. The topological polar surface area (TPSA) is 77.8 Å². The van der Waals surface area contributed by atoms with Crippen LogP contribution in [0.2, 0.25) is 0 Å². The summed E-state index contributed by atoms with van der Waals surface area (Å²) in [5.74, 6) is -2.52. The van der Waals surface area contributed by atoms with Gasteiger partial charge >= 0.3 is 5.97 Å². The molecule has 108 valence electrons. The Hall–Kier alpha value is -2.11. The third kappa shape index (κ3) is 2.74. The molecule has 1 fully saturated rings. The molecule has 0 aliphatic carbocycles. The lowest BCUT2D eigenvalue weighted by Crippen LogP contribution is -2.49. The number of phenolic OH excluding ortho intramolecular Hbond substituents is 1. The number of benzene rings is 1. The number of halogens is 1. The Morgan fingerprint density at radius 1 is 1.40 bits per heavy atom. The lowest BCUT2D eigenvalue weighted by atomic mass is 9.92. The summed E-state index contributed by atoms with van der Waals surface area (Å²) in [6.45, 7) is 2.21. The molecule has 2 atom stereocenters. The van der Waals surface area contributed by atoms with E-state index in [-0.39, 0.29) is 23.8 Å². The fourth-order valence-corrected chi connectivity index (χ4v) is 2.45. The smallest absolute Gasteiger partial charge is 0.326 e. The van der Waals surface area contributed by atoms with E-state index in [1.54, 1.807) is 0 Å². The van der Waals surface area contributed by atoms with Gasteiger partial charge in [0.05, 0.1) is 5.56 Å². The van der Waals surface area contributed by atoms with Gasteiger partial charge in [-0.15, -0.1) is 0 Å². The molecule has 2 N–H and O–H groups in total. The number of carboxylic acid groups (broad SMARTS) is 1. The predicted octanol–water partition coefficient (Wildman–Crippen LogP) is 1.86. The van der Waals surface area contributed by atoms with Gasteiger partial charge in [-0.2, -0.15) is 0 Å². The molecule has 1 aromatic rings. The zero-order chi connectivity index (χ0) is 14.9. The van der Waals surface area contributed by atoms with Gasteiger partial charge in [0.15, 0.2) is 0 Å². The molecule has 1 aliphatic heterocycles. The highest BCUT2D eigenvalue weighted by Crippen LogP contribution is 2.27. The number of amides is 1. The van der Waals surface area contributed by atoms with Crippen LogP contribution < -0.4 is 0 Å². The van der Waals surface area contributed by atoms with Gasteiger partial charge in [-0.25, -0.2) is 9.18 Å². The molecule has 0 bridgehead atoms. The summed E-state index contributed by atoms with van der Waals surface area (Å²) >= 11 is 0. The number of rotatable bonds is 2. The van der Waals surface area contributed by atoms with Crippen LogP contribution in [0.5, 0.6) is 5.75 Å². The van der Waals surface area contributed by atoms with Crippen molar-refractivity contribution in [2.75, 3.05) is 6.54 Å². The van der Waals surface area contributed by atoms with Crippen LogP contribution in [-0.4, -0.2) is 39.6 Å². The number of carboxylic acids is 1. The number of hydrogen-bond acceptors (Lipinski definition) is 3. The first-order valence-corrected chi connectivity index (χ1v) is 6.42. The van der Waals surface area contributed by atoms with E-state index in [0.29, 0.717) is 12.8 Å². The summed E-state index contributed by atoms with van der Waals surface area (Å²) in [5, 5.41) is 18.9. The van der Waals surface area contributed by atoms with Gasteiger partial charge in [0.2, 0.25) is 0 Å². The van der Waals surface area contributed by atoms with Crippen molar-refractivity contribution < 1.29 is 24.2 Å². The standard InChI is InChI=1S/C14H16FNO4/c1-8-4-5-16(11(6-8)14(19)20)13(18)10-7-9(15)2-3-12(10)17/h2-3,7-8,11,17H,4-6H2,1H3,(H,19,20). The van der Waals surface area contributed by atoms with Gasteiger partial charge in [0.1, 0.15) is 17.6 Å². The maximum Gasteiger partial charge on any atom is 0.326 e. The number of aromatic hydroxyl groups is 1. The van der Waals surface area contributed by atoms with E-state index in [9.17, 15) is 24.2 Å².